The van der Waals surface area contributed by atoms with E-state index < -0.39 is 6.09 Å². The van der Waals surface area contributed by atoms with E-state index in [9.17, 15) is 14.7 Å². The first-order valence-electron chi connectivity index (χ1n) is 11.8. The molecule has 2 aromatic heterocycles. The van der Waals surface area contributed by atoms with Gasteiger partial charge in [-0.05, 0) is 41.8 Å². The Balaban J connectivity index is 1.46. The molecule has 0 saturated carbocycles. The van der Waals surface area contributed by atoms with E-state index in [1.165, 1.54) is 4.90 Å². The summed E-state index contributed by atoms with van der Waals surface area (Å²) in [6.07, 6.45) is 3.90. The van der Waals surface area contributed by atoms with Crippen LogP contribution in [0.2, 0.25) is 0 Å². The van der Waals surface area contributed by atoms with E-state index in [1.54, 1.807) is 12.3 Å². The second-order valence-corrected chi connectivity index (χ2v) is 9.91. The second-order valence-electron chi connectivity index (χ2n) is 9.91. The maximum atomic E-state index is 12.2. The molecule has 0 aliphatic carbocycles. The molecule has 1 aliphatic rings. The van der Waals surface area contributed by atoms with E-state index in [0.717, 1.165) is 16.7 Å². The molecule has 0 bridgehead atoms. The Morgan fingerprint density at radius 1 is 1.20 bits per heavy atom. The number of nitrogens with one attached hydrogen (secondary N) is 1. The molecule has 2 unspecified atom stereocenters. The quantitative estimate of drug-likeness (QED) is 0.496. The van der Waals surface area contributed by atoms with Crippen molar-refractivity contribution in [1.29, 1.82) is 0 Å². The summed E-state index contributed by atoms with van der Waals surface area (Å²) in [4.78, 5) is 29.9. The molecule has 1 fully saturated rings. The maximum Gasteiger partial charge on any atom is 0.407 e. The highest BCUT2D eigenvalue weighted by Crippen LogP contribution is 2.33. The lowest BCUT2D eigenvalue weighted by molar-refractivity contribution is 0.0129. The lowest BCUT2D eigenvalue weighted by Crippen LogP contribution is -2.53. The first-order chi connectivity index (χ1) is 16.7. The molecular weight excluding hydrogens is 448 g/mol. The third-order valence-electron chi connectivity index (χ3n) is 6.42. The zero-order chi connectivity index (χ0) is 25.2. The number of carboxylic acid groups (broad SMARTS) is 1. The van der Waals surface area contributed by atoms with Crippen LogP contribution in [0.1, 0.15) is 44.0 Å². The third-order valence-corrected chi connectivity index (χ3v) is 6.42. The van der Waals surface area contributed by atoms with Gasteiger partial charge in [0.2, 0.25) is 0 Å². The molecule has 3 aromatic rings. The molecule has 4 rings (SSSR count). The van der Waals surface area contributed by atoms with Crippen LogP contribution in [0, 0.1) is 5.41 Å². The smallest absolute Gasteiger partial charge is 0.407 e. The third kappa shape index (κ3) is 5.40. The monoisotopic (exact) mass is 480 g/mol. The number of hydrogen-bond acceptors (Lipinski definition) is 5. The fourth-order valence-corrected chi connectivity index (χ4v) is 4.62. The van der Waals surface area contributed by atoms with Gasteiger partial charge >= 0.3 is 6.09 Å². The van der Waals surface area contributed by atoms with Gasteiger partial charge in [0, 0.05) is 49.1 Å². The number of ether oxygens (including phenoxy) is 1. The van der Waals surface area contributed by atoms with Crippen LogP contribution < -0.4 is 10.1 Å². The summed E-state index contributed by atoms with van der Waals surface area (Å²) in [5.74, 6) is 1.14. The minimum absolute atomic E-state index is 0.0784. The maximum absolute atomic E-state index is 12.2. The SMILES string of the molecule is CC(C)(C)C1CC(Oc2ccc(-n3ccc4cc(C(=O)NCCO)ccc43)nc2)CCN1C(=O)O. The Bertz CT molecular complexity index is 1200. The summed E-state index contributed by atoms with van der Waals surface area (Å²) in [5.41, 5.74) is 1.26. The Morgan fingerprint density at radius 2 is 2.00 bits per heavy atom. The summed E-state index contributed by atoms with van der Waals surface area (Å²) >= 11 is 0. The van der Waals surface area contributed by atoms with Crippen molar-refractivity contribution in [3.8, 4) is 11.6 Å². The summed E-state index contributed by atoms with van der Waals surface area (Å²) < 4.78 is 8.13. The van der Waals surface area contributed by atoms with Crippen molar-refractivity contribution in [2.75, 3.05) is 19.7 Å². The van der Waals surface area contributed by atoms with Gasteiger partial charge in [0.1, 0.15) is 17.7 Å². The Labute approximate surface area is 204 Å². The van der Waals surface area contributed by atoms with Crippen molar-refractivity contribution < 1.29 is 24.5 Å². The number of aliphatic hydroxyl groups is 1. The molecular formula is C26H32N4O5. The van der Waals surface area contributed by atoms with E-state index in [0.29, 0.717) is 30.7 Å². The average Bonchev–Trinajstić information content (AvgIpc) is 3.25. The molecule has 186 valence electrons. The predicted octanol–water partition coefficient (Wildman–Crippen LogP) is 3.68. The number of hydrogen-bond donors (Lipinski definition) is 3. The molecule has 2 amide bonds. The number of rotatable bonds is 6. The van der Waals surface area contributed by atoms with E-state index >= 15 is 0 Å². The Kier molecular flexibility index (Phi) is 6.98. The molecule has 3 N–H and O–H groups in total. The lowest BCUT2D eigenvalue weighted by atomic mass is 9.80. The topological polar surface area (TPSA) is 117 Å². The highest BCUT2D eigenvalue weighted by atomic mass is 16.5. The number of nitrogens with zero attached hydrogens (tertiary/aromatic N) is 3. The van der Waals surface area contributed by atoms with Crippen molar-refractivity contribution >= 4 is 22.9 Å². The van der Waals surface area contributed by atoms with Crippen molar-refractivity contribution in [2.45, 2.75) is 45.8 Å². The molecule has 9 nitrogen and oxygen atoms in total. The van der Waals surface area contributed by atoms with Crippen LogP contribution in [-0.2, 0) is 0 Å². The molecule has 1 aromatic carbocycles. The van der Waals surface area contributed by atoms with Crippen LogP contribution in [0.4, 0.5) is 4.79 Å². The number of aromatic nitrogens is 2. The largest absolute Gasteiger partial charge is 0.489 e. The fraction of sp³-hybridized carbons (Fsp3) is 0.423. The zero-order valence-corrected chi connectivity index (χ0v) is 20.3. The van der Waals surface area contributed by atoms with Gasteiger partial charge in [0.25, 0.3) is 5.91 Å². The van der Waals surface area contributed by atoms with Gasteiger partial charge in [-0.1, -0.05) is 20.8 Å². The van der Waals surface area contributed by atoms with E-state index in [1.807, 2.05) is 41.1 Å². The number of piperidine rings is 1. The molecule has 0 spiro atoms. The van der Waals surface area contributed by atoms with Crippen LogP contribution in [0.3, 0.4) is 0 Å². The summed E-state index contributed by atoms with van der Waals surface area (Å²) in [5, 5.41) is 22.0. The summed E-state index contributed by atoms with van der Waals surface area (Å²) in [6, 6.07) is 11.0. The van der Waals surface area contributed by atoms with E-state index in [-0.39, 0.29) is 36.6 Å². The Morgan fingerprint density at radius 3 is 2.66 bits per heavy atom. The van der Waals surface area contributed by atoms with Gasteiger partial charge in [-0.25, -0.2) is 9.78 Å². The van der Waals surface area contributed by atoms with Crippen LogP contribution in [0.5, 0.6) is 5.75 Å². The number of benzene rings is 1. The highest BCUT2D eigenvalue weighted by molar-refractivity contribution is 5.98. The first-order valence-corrected chi connectivity index (χ1v) is 11.8. The van der Waals surface area contributed by atoms with Crippen molar-refractivity contribution in [3.05, 3.63) is 54.4 Å². The van der Waals surface area contributed by atoms with Crippen LogP contribution in [0.25, 0.3) is 16.7 Å². The first kappa shape index (κ1) is 24.5. The van der Waals surface area contributed by atoms with Crippen LogP contribution in [0.15, 0.2) is 48.8 Å². The van der Waals surface area contributed by atoms with Gasteiger partial charge < -0.3 is 29.7 Å². The zero-order valence-electron chi connectivity index (χ0n) is 20.3. The van der Waals surface area contributed by atoms with E-state index in [2.05, 4.69) is 31.1 Å². The van der Waals surface area contributed by atoms with Crippen LogP contribution in [-0.4, -0.2) is 68.5 Å². The summed E-state index contributed by atoms with van der Waals surface area (Å²) in [7, 11) is 0. The number of pyridine rings is 1. The lowest BCUT2D eigenvalue weighted by Gasteiger charge is -2.44. The van der Waals surface area contributed by atoms with Crippen molar-refractivity contribution in [2.24, 2.45) is 5.41 Å². The van der Waals surface area contributed by atoms with Crippen molar-refractivity contribution in [3.63, 3.8) is 0 Å². The van der Waals surface area contributed by atoms with Crippen molar-refractivity contribution in [1.82, 2.24) is 19.8 Å². The number of likely N-dealkylation sites (tertiary alicyclic amines) is 1. The number of carbonyl (C=O) groups excluding carboxylic acids is 1. The molecule has 0 radical (unpaired) electrons. The number of aliphatic hydroxyl groups excluding tert-OH is 1. The number of fused-ring (bicyclic) bond motifs is 1. The average molecular weight is 481 g/mol. The Hall–Kier alpha value is -3.59. The molecule has 1 aliphatic heterocycles. The summed E-state index contributed by atoms with van der Waals surface area (Å²) in [6.45, 7) is 6.72. The van der Waals surface area contributed by atoms with E-state index in [4.69, 9.17) is 9.84 Å². The van der Waals surface area contributed by atoms with Gasteiger partial charge in [-0.15, -0.1) is 0 Å². The van der Waals surface area contributed by atoms with Gasteiger partial charge in [-0.3, -0.25) is 4.79 Å². The fourth-order valence-electron chi connectivity index (χ4n) is 4.62. The minimum atomic E-state index is -0.883. The molecule has 35 heavy (non-hydrogen) atoms. The molecule has 2 atom stereocenters. The normalized spacial score (nSPS) is 18.5. The van der Waals surface area contributed by atoms with Gasteiger partial charge in [0.15, 0.2) is 0 Å². The highest BCUT2D eigenvalue weighted by Gasteiger charge is 2.39. The predicted molar refractivity (Wildman–Crippen MR) is 132 cm³/mol. The van der Waals surface area contributed by atoms with Gasteiger partial charge in [-0.2, -0.15) is 0 Å². The number of amides is 2. The molecule has 1 saturated heterocycles. The molecule has 9 heteroatoms. The van der Waals surface area contributed by atoms with Crippen LogP contribution >= 0.6 is 0 Å². The molecule has 3 heterocycles. The minimum Gasteiger partial charge on any atom is -0.489 e. The number of carbonyl (C=O) groups is 2. The second kappa shape index (κ2) is 9.95. The standard InChI is InChI=1S/C26H32N4O5/c1-26(2,3)22-15-19(9-12-30(22)25(33)34)35-20-5-7-23(28-16-20)29-11-8-17-14-18(4-6-21(17)29)24(32)27-10-13-31/h4-8,11,14,16,19,22,31H,9-10,12-13,15H2,1-3H3,(H,27,32)(H,33,34). The van der Waals surface area contributed by atoms with Gasteiger partial charge in [0.05, 0.1) is 18.3 Å².